The predicted molar refractivity (Wildman–Crippen MR) is 59.7 cm³/mol. The van der Waals surface area contributed by atoms with Crippen molar-refractivity contribution in [1.29, 1.82) is 0 Å². The van der Waals surface area contributed by atoms with Crippen LogP contribution in [0.3, 0.4) is 0 Å². The molecule has 1 unspecified atom stereocenters. The highest BCUT2D eigenvalue weighted by Gasteiger charge is 2.28. The zero-order valence-electron chi connectivity index (χ0n) is 9.49. The van der Waals surface area contributed by atoms with Crippen molar-refractivity contribution in [2.24, 2.45) is 5.92 Å². The third-order valence-corrected chi connectivity index (χ3v) is 3.10. The molecule has 0 saturated heterocycles. The zero-order chi connectivity index (χ0) is 12.4. The van der Waals surface area contributed by atoms with Crippen molar-refractivity contribution in [2.75, 3.05) is 7.11 Å². The van der Waals surface area contributed by atoms with Crippen LogP contribution in [0.4, 0.5) is 8.78 Å². The van der Waals surface area contributed by atoms with E-state index in [9.17, 15) is 13.9 Å². The number of hydrogen-bond donors (Lipinski definition) is 1. The predicted octanol–water partition coefficient (Wildman–Crippen LogP) is 2.97. The van der Waals surface area contributed by atoms with Gasteiger partial charge in [0.15, 0.2) is 11.6 Å². The summed E-state index contributed by atoms with van der Waals surface area (Å²) >= 11 is 0. The average molecular weight is 240 g/mol. The molecule has 0 fully saturated rings. The first-order valence-electron chi connectivity index (χ1n) is 5.50. The molecular formula is C13H14F2O2. The smallest absolute Gasteiger partial charge is 0.168 e. The topological polar surface area (TPSA) is 29.5 Å². The van der Waals surface area contributed by atoms with Crippen molar-refractivity contribution < 1.29 is 18.6 Å². The maximum absolute atomic E-state index is 13.7. The monoisotopic (exact) mass is 240 g/mol. The molecule has 0 bridgehead atoms. The van der Waals surface area contributed by atoms with Crippen molar-refractivity contribution in [3.8, 4) is 5.75 Å². The highest BCUT2D eigenvalue weighted by Crippen LogP contribution is 2.38. The number of benzene rings is 1. The van der Waals surface area contributed by atoms with E-state index in [2.05, 4.69) is 0 Å². The molecule has 0 aromatic heterocycles. The van der Waals surface area contributed by atoms with E-state index < -0.39 is 17.7 Å². The molecule has 0 amide bonds. The zero-order valence-corrected chi connectivity index (χ0v) is 9.49. The van der Waals surface area contributed by atoms with E-state index >= 15 is 0 Å². The molecule has 1 aliphatic carbocycles. The Morgan fingerprint density at radius 3 is 2.53 bits per heavy atom. The Hall–Kier alpha value is -1.42. The summed E-state index contributed by atoms with van der Waals surface area (Å²) in [6.45, 7) is 0. The van der Waals surface area contributed by atoms with Crippen LogP contribution in [0.5, 0.6) is 5.75 Å². The number of aliphatic hydroxyl groups excluding tert-OH is 1. The first kappa shape index (κ1) is 12.0. The molecule has 1 aromatic carbocycles. The quantitative estimate of drug-likeness (QED) is 0.823. The highest BCUT2D eigenvalue weighted by atomic mass is 19.2. The number of aliphatic hydroxyl groups is 1. The maximum Gasteiger partial charge on any atom is 0.168 e. The second kappa shape index (κ2) is 4.84. The van der Waals surface area contributed by atoms with Gasteiger partial charge in [0.2, 0.25) is 0 Å². The number of rotatable bonds is 3. The number of halogens is 2. The molecule has 92 valence electrons. The molecular weight excluding hydrogens is 226 g/mol. The molecule has 2 rings (SSSR count). The third kappa shape index (κ3) is 2.17. The normalized spacial score (nSPS) is 17.4. The van der Waals surface area contributed by atoms with Crippen molar-refractivity contribution in [3.05, 3.63) is 41.5 Å². The van der Waals surface area contributed by atoms with E-state index in [0.717, 1.165) is 6.07 Å². The van der Waals surface area contributed by atoms with Crippen LogP contribution in [0.1, 0.15) is 24.5 Å². The lowest BCUT2D eigenvalue weighted by atomic mass is 9.92. The van der Waals surface area contributed by atoms with Gasteiger partial charge in [0, 0.05) is 0 Å². The number of ether oxygens (including phenoxy) is 1. The van der Waals surface area contributed by atoms with E-state index in [0.29, 0.717) is 12.8 Å². The van der Waals surface area contributed by atoms with Crippen LogP contribution in [0, 0.1) is 17.6 Å². The van der Waals surface area contributed by atoms with Gasteiger partial charge in [0.05, 0.1) is 18.8 Å². The van der Waals surface area contributed by atoms with Gasteiger partial charge >= 0.3 is 0 Å². The number of allylic oxidation sites excluding steroid dienone is 2. The first-order chi connectivity index (χ1) is 8.15. The standard InChI is InChI=1S/C13H14F2O2/c1-17-10-7-6-9(14)12(15)11(10)13(16)8-4-2-3-5-8/h2-3,6-8,13,16H,4-5H2,1H3. The van der Waals surface area contributed by atoms with Gasteiger partial charge in [0.25, 0.3) is 0 Å². The maximum atomic E-state index is 13.7. The molecule has 1 aliphatic rings. The minimum atomic E-state index is -1.05. The minimum absolute atomic E-state index is 0.0822. The number of methoxy groups -OCH3 is 1. The summed E-state index contributed by atoms with van der Waals surface area (Å²) in [5, 5.41) is 10.1. The summed E-state index contributed by atoms with van der Waals surface area (Å²) in [5.41, 5.74) is -0.0822. The highest BCUT2D eigenvalue weighted by molar-refractivity contribution is 5.37. The summed E-state index contributed by atoms with van der Waals surface area (Å²) < 4.78 is 31.9. The summed E-state index contributed by atoms with van der Waals surface area (Å²) in [7, 11) is 1.37. The molecule has 0 heterocycles. The van der Waals surface area contributed by atoms with E-state index in [1.165, 1.54) is 13.2 Å². The van der Waals surface area contributed by atoms with Gasteiger partial charge in [-0.25, -0.2) is 8.78 Å². The fraction of sp³-hybridized carbons (Fsp3) is 0.385. The van der Waals surface area contributed by atoms with Gasteiger partial charge in [-0.05, 0) is 30.9 Å². The molecule has 1 atom stereocenters. The van der Waals surface area contributed by atoms with Crippen molar-refractivity contribution in [3.63, 3.8) is 0 Å². The second-order valence-electron chi connectivity index (χ2n) is 4.13. The Balaban J connectivity index is 2.38. The molecule has 2 nitrogen and oxygen atoms in total. The lowest BCUT2D eigenvalue weighted by Crippen LogP contribution is -2.13. The summed E-state index contributed by atoms with van der Waals surface area (Å²) in [6.07, 6.45) is 4.14. The molecule has 1 aromatic rings. The van der Waals surface area contributed by atoms with Gasteiger partial charge in [-0.15, -0.1) is 0 Å². The molecule has 0 spiro atoms. The molecule has 0 aliphatic heterocycles. The molecule has 0 saturated carbocycles. The Morgan fingerprint density at radius 2 is 1.94 bits per heavy atom. The van der Waals surface area contributed by atoms with Crippen molar-refractivity contribution in [2.45, 2.75) is 18.9 Å². The van der Waals surface area contributed by atoms with Crippen LogP contribution < -0.4 is 4.74 Å². The van der Waals surface area contributed by atoms with Crippen LogP contribution in [0.25, 0.3) is 0 Å². The van der Waals surface area contributed by atoms with E-state index in [-0.39, 0.29) is 17.2 Å². The van der Waals surface area contributed by atoms with Gasteiger partial charge in [-0.2, -0.15) is 0 Å². The van der Waals surface area contributed by atoms with Gasteiger partial charge < -0.3 is 9.84 Å². The second-order valence-corrected chi connectivity index (χ2v) is 4.13. The number of hydrogen-bond acceptors (Lipinski definition) is 2. The van der Waals surface area contributed by atoms with Gasteiger partial charge in [0.1, 0.15) is 5.75 Å². The van der Waals surface area contributed by atoms with E-state index in [4.69, 9.17) is 4.74 Å². The average Bonchev–Trinajstić information content (AvgIpc) is 2.85. The SMILES string of the molecule is COc1ccc(F)c(F)c1C(O)C1CC=CC1. The van der Waals surface area contributed by atoms with Crippen LogP contribution >= 0.6 is 0 Å². The molecule has 4 heteroatoms. The Labute approximate surface area is 98.5 Å². The van der Waals surface area contributed by atoms with Crippen LogP contribution in [-0.4, -0.2) is 12.2 Å². The summed E-state index contributed by atoms with van der Waals surface area (Å²) in [5.74, 6) is -1.92. The van der Waals surface area contributed by atoms with Crippen molar-refractivity contribution in [1.82, 2.24) is 0 Å². The Morgan fingerprint density at radius 1 is 1.29 bits per heavy atom. The lowest BCUT2D eigenvalue weighted by molar-refractivity contribution is 0.106. The molecule has 1 N–H and O–H groups in total. The van der Waals surface area contributed by atoms with Crippen LogP contribution in [-0.2, 0) is 0 Å². The lowest BCUT2D eigenvalue weighted by Gasteiger charge is -2.21. The van der Waals surface area contributed by atoms with Gasteiger partial charge in [-0.1, -0.05) is 12.2 Å². The Kier molecular flexibility index (Phi) is 3.43. The molecule has 0 radical (unpaired) electrons. The van der Waals surface area contributed by atoms with Crippen molar-refractivity contribution >= 4 is 0 Å². The van der Waals surface area contributed by atoms with Gasteiger partial charge in [-0.3, -0.25) is 0 Å². The van der Waals surface area contributed by atoms with E-state index in [1.807, 2.05) is 12.2 Å². The minimum Gasteiger partial charge on any atom is -0.496 e. The van der Waals surface area contributed by atoms with Crippen LogP contribution in [0.2, 0.25) is 0 Å². The Bertz CT molecular complexity index is 435. The fourth-order valence-corrected chi connectivity index (χ4v) is 2.13. The molecule has 17 heavy (non-hydrogen) atoms. The first-order valence-corrected chi connectivity index (χ1v) is 5.50. The summed E-state index contributed by atoms with van der Waals surface area (Å²) in [4.78, 5) is 0. The van der Waals surface area contributed by atoms with Crippen LogP contribution in [0.15, 0.2) is 24.3 Å². The summed E-state index contributed by atoms with van der Waals surface area (Å²) in [6, 6.07) is 2.33. The fourth-order valence-electron chi connectivity index (χ4n) is 2.13. The largest absolute Gasteiger partial charge is 0.496 e. The third-order valence-electron chi connectivity index (χ3n) is 3.10. The van der Waals surface area contributed by atoms with E-state index in [1.54, 1.807) is 0 Å².